The quantitative estimate of drug-likeness (QED) is 0.904. The minimum atomic E-state index is -0.0305. The maximum atomic E-state index is 11.6. The highest BCUT2D eigenvalue weighted by atomic mass is 16.2. The van der Waals surface area contributed by atoms with Crippen LogP contribution in [0.1, 0.15) is 18.8 Å². The molecule has 2 aromatic rings. The summed E-state index contributed by atoms with van der Waals surface area (Å²) in [5, 5.41) is 6.21. The molecule has 0 saturated carbocycles. The van der Waals surface area contributed by atoms with Crippen molar-refractivity contribution in [1.29, 1.82) is 0 Å². The van der Waals surface area contributed by atoms with Crippen LogP contribution in [0.2, 0.25) is 0 Å². The van der Waals surface area contributed by atoms with Gasteiger partial charge in [0.1, 0.15) is 5.82 Å². The molecule has 21 heavy (non-hydrogen) atoms. The minimum Gasteiger partial charge on any atom is -0.375 e. The number of nitrogens with zero attached hydrogens (tertiary/aromatic N) is 3. The largest absolute Gasteiger partial charge is 0.375 e. The van der Waals surface area contributed by atoms with Crippen LogP contribution in [0.15, 0.2) is 36.7 Å². The average Bonchev–Trinajstić information content (AvgIpc) is 3.08. The van der Waals surface area contributed by atoms with E-state index in [-0.39, 0.29) is 12.1 Å². The van der Waals surface area contributed by atoms with E-state index in [0.717, 1.165) is 23.7 Å². The van der Waals surface area contributed by atoms with Gasteiger partial charge in [-0.25, -0.2) is 9.78 Å². The van der Waals surface area contributed by atoms with Crippen LogP contribution in [-0.2, 0) is 7.05 Å². The van der Waals surface area contributed by atoms with E-state index in [4.69, 9.17) is 0 Å². The second kappa shape index (κ2) is 5.47. The van der Waals surface area contributed by atoms with E-state index in [1.807, 2.05) is 42.1 Å². The van der Waals surface area contributed by atoms with Gasteiger partial charge in [0.05, 0.1) is 6.04 Å². The number of nitrogens with one attached hydrogen (secondary N) is 2. The highest BCUT2D eigenvalue weighted by Crippen LogP contribution is 2.22. The summed E-state index contributed by atoms with van der Waals surface area (Å²) in [6, 6.07) is 7.97. The second-order valence-electron chi connectivity index (χ2n) is 5.19. The summed E-state index contributed by atoms with van der Waals surface area (Å²) in [7, 11) is 1.98. The third kappa shape index (κ3) is 2.69. The van der Waals surface area contributed by atoms with Crippen molar-refractivity contribution in [3.05, 3.63) is 42.5 Å². The van der Waals surface area contributed by atoms with E-state index in [2.05, 4.69) is 22.5 Å². The van der Waals surface area contributed by atoms with Gasteiger partial charge in [-0.2, -0.15) is 0 Å². The Balaban J connectivity index is 1.70. The van der Waals surface area contributed by atoms with Crippen LogP contribution in [0.25, 0.3) is 0 Å². The molecule has 1 aromatic heterocycles. The van der Waals surface area contributed by atoms with E-state index in [0.29, 0.717) is 6.54 Å². The van der Waals surface area contributed by atoms with Gasteiger partial charge in [-0.05, 0) is 31.2 Å². The molecule has 0 radical (unpaired) electrons. The summed E-state index contributed by atoms with van der Waals surface area (Å²) in [6.07, 6.45) is 3.73. The molecule has 1 aliphatic rings. The van der Waals surface area contributed by atoms with Gasteiger partial charge in [-0.3, -0.25) is 4.90 Å². The maximum absolute atomic E-state index is 11.6. The first-order chi connectivity index (χ1) is 10.1. The molecule has 2 heterocycles. The van der Waals surface area contributed by atoms with Crippen molar-refractivity contribution in [3.8, 4) is 0 Å². The number of imidazole rings is 1. The number of anilines is 2. The van der Waals surface area contributed by atoms with Crippen LogP contribution < -0.4 is 15.5 Å². The van der Waals surface area contributed by atoms with E-state index < -0.39 is 0 Å². The van der Waals surface area contributed by atoms with Gasteiger partial charge in [0, 0.05) is 43.9 Å². The third-order valence-electron chi connectivity index (χ3n) is 3.66. The van der Waals surface area contributed by atoms with Crippen molar-refractivity contribution in [1.82, 2.24) is 14.9 Å². The minimum absolute atomic E-state index is 0.0305. The Morgan fingerprint density at radius 3 is 2.67 bits per heavy atom. The van der Waals surface area contributed by atoms with Crippen molar-refractivity contribution in [2.75, 3.05) is 23.3 Å². The van der Waals surface area contributed by atoms with Crippen molar-refractivity contribution in [3.63, 3.8) is 0 Å². The Morgan fingerprint density at radius 2 is 2.10 bits per heavy atom. The van der Waals surface area contributed by atoms with E-state index >= 15 is 0 Å². The maximum Gasteiger partial charge on any atom is 0.321 e. The number of hydrogen-bond acceptors (Lipinski definition) is 3. The molecule has 0 bridgehead atoms. The number of carbonyl (C=O) groups excluding carboxylic acids is 1. The van der Waals surface area contributed by atoms with Crippen molar-refractivity contribution < 1.29 is 4.79 Å². The number of carbonyl (C=O) groups is 1. The molecule has 1 aromatic carbocycles. The first-order valence-corrected chi connectivity index (χ1v) is 7.04. The molecule has 1 aliphatic heterocycles. The summed E-state index contributed by atoms with van der Waals surface area (Å²) in [4.78, 5) is 17.7. The van der Waals surface area contributed by atoms with Crippen LogP contribution in [-0.4, -0.2) is 28.7 Å². The number of hydrogen-bond donors (Lipinski definition) is 2. The van der Waals surface area contributed by atoms with Gasteiger partial charge >= 0.3 is 6.03 Å². The molecule has 1 unspecified atom stereocenters. The van der Waals surface area contributed by atoms with Gasteiger partial charge in [0.25, 0.3) is 0 Å². The number of benzene rings is 1. The third-order valence-corrected chi connectivity index (χ3v) is 3.66. The fraction of sp³-hybridized carbons (Fsp3) is 0.333. The average molecular weight is 285 g/mol. The Labute approximate surface area is 123 Å². The first-order valence-electron chi connectivity index (χ1n) is 7.04. The number of rotatable bonds is 4. The highest BCUT2D eigenvalue weighted by Gasteiger charge is 2.20. The summed E-state index contributed by atoms with van der Waals surface area (Å²) < 4.78 is 2.00. The van der Waals surface area contributed by atoms with Gasteiger partial charge in [0.15, 0.2) is 0 Å². The van der Waals surface area contributed by atoms with Gasteiger partial charge in [0.2, 0.25) is 0 Å². The number of urea groups is 1. The lowest BCUT2D eigenvalue weighted by atomic mass is 10.2. The van der Waals surface area contributed by atoms with Crippen LogP contribution in [0.3, 0.4) is 0 Å². The molecule has 0 spiro atoms. The SMILES string of the molecule is CC(Nc1ccc(N2CCNC2=O)cc1)c1nccn1C. The molecule has 1 atom stereocenters. The molecular weight excluding hydrogens is 266 g/mol. The molecule has 2 N–H and O–H groups in total. The zero-order chi connectivity index (χ0) is 14.8. The van der Waals surface area contributed by atoms with Crippen LogP contribution in [0.4, 0.5) is 16.2 Å². The second-order valence-corrected chi connectivity index (χ2v) is 5.19. The lowest BCUT2D eigenvalue weighted by Gasteiger charge is -2.17. The van der Waals surface area contributed by atoms with Gasteiger partial charge in [-0.1, -0.05) is 0 Å². The fourth-order valence-electron chi connectivity index (χ4n) is 2.56. The smallest absolute Gasteiger partial charge is 0.321 e. The standard InChI is InChI=1S/C15H19N5O/c1-11(14-16-7-9-19(14)2)18-12-3-5-13(6-4-12)20-10-8-17-15(20)21/h3-7,9,11,18H,8,10H2,1-2H3,(H,17,21). The molecule has 0 aliphatic carbocycles. The summed E-state index contributed by atoms with van der Waals surface area (Å²) in [5.41, 5.74) is 1.93. The summed E-state index contributed by atoms with van der Waals surface area (Å²) in [6.45, 7) is 3.49. The molecule has 2 amide bonds. The Hall–Kier alpha value is -2.50. The van der Waals surface area contributed by atoms with Gasteiger partial charge < -0.3 is 15.2 Å². The van der Waals surface area contributed by atoms with Gasteiger partial charge in [-0.15, -0.1) is 0 Å². The van der Waals surface area contributed by atoms with E-state index in [1.54, 1.807) is 11.1 Å². The zero-order valence-corrected chi connectivity index (χ0v) is 12.2. The molecule has 6 heteroatoms. The predicted octanol–water partition coefficient (Wildman–Crippen LogP) is 2.12. The van der Waals surface area contributed by atoms with E-state index in [1.165, 1.54) is 0 Å². The number of amides is 2. The van der Waals surface area contributed by atoms with Crippen molar-refractivity contribution in [2.24, 2.45) is 7.05 Å². The monoisotopic (exact) mass is 285 g/mol. The Morgan fingerprint density at radius 1 is 1.33 bits per heavy atom. The molecule has 1 saturated heterocycles. The van der Waals surface area contributed by atoms with Crippen LogP contribution >= 0.6 is 0 Å². The zero-order valence-electron chi connectivity index (χ0n) is 12.2. The highest BCUT2D eigenvalue weighted by molar-refractivity contribution is 5.94. The molecule has 6 nitrogen and oxygen atoms in total. The molecule has 110 valence electrons. The lowest BCUT2D eigenvalue weighted by molar-refractivity contribution is 0.252. The van der Waals surface area contributed by atoms with Crippen molar-refractivity contribution >= 4 is 17.4 Å². The summed E-state index contributed by atoms with van der Waals surface area (Å²) >= 11 is 0. The van der Waals surface area contributed by atoms with E-state index in [9.17, 15) is 4.79 Å². The van der Waals surface area contributed by atoms with Crippen LogP contribution in [0, 0.1) is 0 Å². The topological polar surface area (TPSA) is 62.2 Å². The summed E-state index contributed by atoms with van der Waals surface area (Å²) in [5.74, 6) is 0.984. The predicted molar refractivity (Wildman–Crippen MR) is 82.4 cm³/mol. The number of aryl methyl sites for hydroxylation is 1. The first kappa shape index (κ1) is 13.5. The molecular formula is C15H19N5O. The fourth-order valence-corrected chi connectivity index (χ4v) is 2.56. The Bertz CT molecular complexity index is 634. The normalized spacial score (nSPS) is 15.9. The van der Waals surface area contributed by atoms with Crippen molar-refractivity contribution in [2.45, 2.75) is 13.0 Å². The number of aromatic nitrogens is 2. The molecule has 1 fully saturated rings. The lowest BCUT2D eigenvalue weighted by Crippen LogP contribution is -2.27. The molecule has 3 rings (SSSR count). The Kier molecular flexibility index (Phi) is 3.51. The van der Waals surface area contributed by atoms with Crippen LogP contribution in [0.5, 0.6) is 0 Å².